The molecule has 1 aromatic rings. The molecule has 2 rings (SSSR count). The highest BCUT2D eigenvalue weighted by Crippen LogP contribution is 2.29. The van der Waals surface area contributed by atoms with Gasteiger partial charge < -0.3 is 24.9 Å². The third-order valence-electron chi connectivity index (χ3n) is 7.73. The molecule has 1 heterocycles. The van der Waals surface area contributed by atoms with Crippen molar-refractivity contribution in [2.75, 3.05) is 18.6 Å². The van der Waals surface area contributed by atoms with Crippen LogP contribution in [-0.2, 0) is 36.8 Å². The summed E-state index contributed by atoms with van der Waals surface area (Å²) in [6, 6.07) is 4.64. The Morgan fingerprint density at radius 2 is 1.59 bits per heavy atom. The second-order valence-corrected chi connectivity index (χ2v) is 13.2. The zero-order valence-electron chi connectivity index (χ0n) is 27.9. The number of ether oxygens (including phenoxy) is 1. The van der Waals surface area contributed by atoms with Crippen LogP contribution in [0.25, 0.3) is 0 Å². The summed E-state index contributed by atoms with van der Waals surface area (Å²) in [6.45, 7) is 11.0. The summed E-state index contributed by atoms with van der Waals surface area (Å²) in [4.78, 5) is 57.2. The van der Waals surface area contributed by atoms with Gasteiger partial charge in [-0.3, -0.25) is 9.59 Å². The molecule has 0 saturated carbocycles. The molecule has 1 unspecified atom stereocenters. The van der Waals surface area contributed by atoms with E-state index in [1.807, 2.05) is 26.0 Å². The van der Waals surface area contributed by atoms with Crippen LogP contribution in [0, 0.1) is 5.92 Å². The van der Waals surface area contributed by atoms with Gasteiger partial charge in [-0.1, -0.05) is 77.8 Å². The maximum absolute atomic E-state index is 13.3. The fourth-order valence-electron chi connectivity index (χ4n) is 5.50. The first-order chi connectivity index (χ1) is 20.8. The molecule has 0 aliphatic carbocycles. The van der Waals surface area contributed by atoms with Crippen molar-refractivity contribution >= 4 is 29.6 Å². The van der Waals surface area contributed by atoms with Gasteiger partial charge in [0.15, 0.2) is 0 Å². The molecular formula is C34H55N3O7. The predicted molar refractivity (Wildman–Crippen MR) is 171 cm³/mol. The number of unbranched alkanes of at least 4 members (excludes halogenated alkanes) is 7. The average Bonchev–Trinajstić information content (AvgIpc) is 3.25. The molecule has 0 aromatic heterocycles. The Bertz CT molecular complexity index is 1080. The number of imide groups is 1. The van der Waals surface area contributed by atoms with Gasteiger partial charge in [-0.15, -0.1) is 5.06 Å². The van der Waals surface area contributed by atoms with Crippen molar-refractivity contribution in [1.82, 2.24) is 10.4 Å². The van der Waals surface area contributed by atoms with Gasteiger partial charge in [0.25, 0.3) is 11.8 Å². The summed E-state index contributed by atoms with van der Waals surface area (Å²) in [5.41, 5.74) is 2.01. The van der Waals surface area contributed by atoms with Crippen LogP contribution in [0.1, 0.15) is 117 Å². The minimum Gasteiger partial charge on any atom is -0.444 e. The van der Waals surface area contributed by atoms with Crippen LogP contribution in [0.2, 0.25) is 0 Å². The number of aryl methyl sites for hydroxylation is 1. The van der Waals surface area contributed by atoms with Gasteiger partial charge in [0, 0.05) is 25.6 Å². The monoisotopic (exact) mass is 617 g/mol. The largest absolute Gasteiger partial charge is 0.444 e. The molecule has 2 atom stereocenters. The lowest BCUT2D eigenvalue weighted by Gasteiger charge is -2.33. The van der Waals surface area contributed by atoms with E-state index >= 15 is 0 Å². The molecule has 2 N–H and O–H groups in total. The average molecular weight is 618 g/mol. The molecule has 10 nitrogen and oxygen atoms in total. The quantitative estimate of drug-likeness (QED) is 0.155. The fourth-order valence-corrected chi connectivity index (χ4v) is 5.50. The lowest BCUT2D eigenvalue weighted by Crippen LogP contribution is -2.47. The van der Waals surface area contributed by atoms with Crippen LogP contribution < -0.4 is 10.2 Å². The second kappa shape index (κ2) is 18.0. The summed E-state index contributed by atoms with van der Waals surface area (Å²) in [7, 11) is 1.77. The Labute approximate surface area is 263 Å². The first kappa shape index (κ1) is 37.0. The zero-order valence-corrected chi connectivity index (χ0v) is 27.9. The molecule has 1 fully saturated rings. The van der Waals surface area contributed by atoms with Crippen LogP contribution in [0.5, 0.6) is 0 Å². The maximum Gasteiger partial charge on any atom is 0.407 e. The van der Waals surface area contributed by atoms with Gasteiger partial charge in [0.1, 0.15) is 11.6 Å². The van der Waals surface area contributed by atoms with E-state index < -0.39 is 41.6 Å². The third-order valence-corrected chi connectivity index (χ3v) is 7.73. The van der Waals surface area contributed by atoms with Crippen molar-refractivity contribution in [3.63, 3.8) is 0 Å². The number of aliphatic hydroxyl groups is 1. The van der Waals surface area contributed by atoms with Crippen LogP contribution in [0.3, 0.4) is 0 Å². The first-order valence-electron chi connectivity index (χ1n) is 16.3. The van der Waals surface area contributed by atoms with Gasteiger partial charge >= 0.3 is 12.1 Å². The number of benzene rings is 1. The van der Waals surface area contributed by atoms with Gasteiger partial charge in [0.2, 0.25) is 0 Å². The molecule has 0 radical (unpaired) electrons. The highest BCUT2D eigenvalue weighted by molar-refractivity contribution is 6.02. The van der Waals surface area contributed by atoms with Crippen LogP contribution in [-0.4, -0.2) is 65.4 Å². The molecule has 1 saturated heterocycles. The highest BCUT2D eigenvalue weighted by Gasteiger charge is 2.37. The summed E-state index contributed by atoms with van der Waals surface area (Å²) in [5.74, 6) is -1.98. The number of nitrogens with one attached hydrogen (secondary N) is 1. The molecule has 1 aliphatic rings. The Kier molecular flexibility index (Phi) is 15.1. The van der Waals surface area contributed by atoms with Crippen molar-refractivity contribution in [3.05, 3.63) is 29.3 Å². The molecule has 3 amide bonds. The van der Waals surface area contributed by atoms with Crippen LogP contribution in [0.4, 0.5) is 10.5 Å². The Hall–Kier alpha value is -3.14. The molecule has 1 aliphatic heterocycles. The van der Waals surface area contributed by atoms with Crippen molar-refractivity contribution in [2.24, 2.45) is 5.92 Å². The van der Waals surface area contributed by atoms with Crippen molar-refractivity contribution in [1.29, 1.82) is 0 Å². The third kappa shape index (κ3) is 12.1. The molecule has 1 aromatic carbocycles. The van der Waals surface area contributed by atoms with E-state index in [2.05, 4.69) is 18.3 Å². The topological polar surface area (TPSA) is 125 Å². The molecule has 0 bridgehead atoms. The lowest BCUT2D eigenvalue weighted by atomic mass is 9.95. The normalized spacial score (nSPS) is 15.0. The van der Waals surface area contributed by atoms with Gasteiger partial charge in [-0.2, -0.15) is 0 Å². The van der Waals surface area contributed by atoms with Crippen molar-refractivity contribution in [2.45, 2.75) is 136 Å². The zero-order chi connectivity index (χ0) is 32.9. The second-order valence-electron chi connectivity index (χ2n) is 13.2. The van der Waals surface area contributed by atoms with E-state index in [1.165, 1.54) is 38.5 Å². The summed E-state index contributed by atoms with van der Waals surface area (Å²) in [5, 5.41) is 13.5. The SMILES string of the molecule is CCCCCCCCCCc1ccc(N(C)[C@H](C(=O)ON2C(=O)CCC2=O)C(C)C)c(CC(CO)NC(=O)OC(C)(C)C)c1. The standard InChI is InChI=1S/C34H55N3O7/c1-8-9-10-11-12-13-14-15-16-25-17-18-28(26(21-25)22-27(23-38)35-33(42)43-34(4,5)6)36(7)31(24(2)3)32(41)44-37-29(39)19-20-30(37)40/h17-18,21,24,27,31,38H,8-16,19-20,22-23H2,1-7H3,(H,35,42)/t27?,31-/m0/s1. The number of carbonyl (C=O) groups excluding carboxylic acids is 4. The number of anilines is 1. The smallest absolute Gasteiger partial charge is 0.407 e. The number of aliphatic hydroxyl groups excluding tert-OH is 1. The van der Waals surface area contributed by atoms with E-state index in [4.69, 9.17) is 9.57 Å². The lowest BCUT2D eigenvalue weighted by molar-refractivity contribution is -0.199. The fraction of sp³-hybridized carbons (Fsp3) is 0.706. The Morgan fingerprint density at radius 1 is 1.00 bits per heavy atom. The molecular weight excluding hydrogens is 562 g/mol. The van der Waals surface area contributed by atoms with E-state index in [9.17, 15) is 24.3 Å². The number of amides is 3. The summed E-state index contributed by atoms with van der Waals surface area (Å²) in [6.07, 6.45) is 10.4. The number of hydrogen-bond acceptors (Lipinski definition) is 8. The van der Waals surface area contributed by atoms with Crippen LogP contribution >= 0.6 is 0 Å². The van der Waals surface area contributed by atoms with Crippen molar-refractivity contribution < 1.29 is 33.9 Å². The number of hydroxylamine groups is 2. The van der Waals surface area contributed by atoms with Gasteiger partial charge in [0.05, 0.1) is 12.6 Å². The summed E-state index contributed by atoms with van der Waals surface area (Å²) >= 11 is 0. The Balaban J connectivity index is 2.27. The number of likely N-dealkylation sites (N-methyl/N-ethyl adjacent to an activating group) is 1. The minimum absolute atomic E-state index is 0.0198. The van der Waals surface area contributed by atoms with E-state index in [0.717, 1.165) is 36.1 Å². The molecule has 44 heavy (non-hydrogen) atoms. The molecule has 248 valence electrons. The van der Waals surface area contributed by atoms with Crippen LogP contribution in [0.15, 0.2) is 18.2 Å². The number of carbonyl (C=O) groups is 4. The van der Waals surface area contributed by atoms with E-state index in [0.29, 0.717) is 11.5 Å². The number of rotatable bonds is 18. The minimum atomic E-state index is -0.806. The highest BCUT2D eigenvalue weighted by atomic mass is 16.7. The van der Waals surface area contributed by atoms with Crippen molar-refractivity contribution in [3.8, 4) is 0 Å². The molecule has 10 heteroatoms. The predicted octanol–water partition coefficient (Wildman–Crippen LogP) is 5.87. The van der Waals surface area contributed by atoms with Gasteiger partial charge in [-0.05, 0) is 63.1 Å². The maximum atomic E-state index is 13.3. The number of hydrogen-bond donors (Lipinski definition) is 2. The number of alkyl carbamates (subject to hydrolysis) is 1. The van der Waals surface area contributed by atoms with Gasteiger partial charge in [-0.25, -0.2) is 9.59 Å². The van der Waals surface area contributed by atoms with E-state index in [1.54, 1.807) is 32.7 Å². The number of nitrogens with zero attached hydrogens (tertiary/aromatic N) is 2. The Morgan fingerprint density at radius 3 is 2.14 bits per heavy atom. The molecule has 0 spiro atoms. The summed E-state index contributed by atoms with van der Waals surface area (Å²) < 4.78 is 5.41. The van der Waals surface area contributed by atoms with E-state index in [-0.39, 0.29) is 25.4 Å². The first-order valence-corrected chi connectivity index (χ1v) is 16.3.